The summed E-state index contributed by atoms with van der Waals surface area (Å²) in [5.41, 5.74) is 2.26. The minimum absolute atomic E-state index is 0.102. The maximum Gasteiger partial charge on any atom is 0.308 e. The molecule has 0 radical (unpaired) electrons. The highest BCUT2D eigenvalue weighted by molar-refractivity contribution is 9.10. The Morgan fingerprint density at radius 1 is 1.29 bits per heavy atom. The van der Waals surface area contributed by atoms with Gasteiger partial charge >= 0.3 is 5.97 Å². The summed E-state index contributed by atoms with van der Waals surface area (Å²) in [5, 5.41) is -0.102. The van der Waals surface area contributed by atoms with E-state index in [0.29, 0.717) is 27.2 Å². The number of hydrogen-bond donors (Lipinski definition) is 0. The average Bonchev–Trinajstić information content (AvgIpc) is 3.02. The molecule has 1 aliphatic heterocycles. The molecule has 0 amide bonds. The Morgan fingerprint density at radius 2 is 2.04 bits per heavy atom. The first-order valence-corrected chi connectivity index (χ1v) is 10.8. The van der Waals surface area contributed by atoms with Gasteiger partial charge in [0.25, 0.3) is 0 Å². The third-order valence-corrected chi connectivity index (χ3v) is 6.28. The average molecular weight is 478 g/mol. The molecule has 0 aliphatic carbocycles. The van der Waals surface area contributed by atoms with Gasteiger partial charge in [-0.25, -0.2) is 4.99 Å². The maximum absolute atomic E-state index is 12.3. The first kappa shape index (κ1) is 20.7. The zero-order valence-electron chi connectivity index (χ0n) is 15.1. The number of hydrogen-bond acceptors (Lipinski definition) is 7. The summed E-state index contributed by atoms with van der Waals surface area (Å²) in [6.07, 6.45) is 1.69. The van der Waals surface area contributed by atoms with Crippen molar-refractivity contribution in [3.63, 3.8) is 0 Å². The Kier molecular flexibility index (Phi) is 6.98. The molecule has 0 fully saturated rings. The topological polar surface area (TPSA) is 65.0 Å². The van der Waals surface area contributed by atoms with Crippen LogP contribution in [-0.2, 0) is 15.3 Å². The molecule has 0 N–H and O–H groups in total. The Hall–Kier alpha value is -2.03. The van der Waals surface area contributed by atoms with E-state index in [0.717, 1.165) is 21.9 Å². The smallest absolute Gasteiger partial charge is 0.308 e. The number of thioether (sulfide) groups is 2. The normalized spacial score (nSPS) is 14.9. The van der Waals surface area contributed by atoms with Gasteiger partial charge in [0.15, 0.2) is 11.5 Å². The molecule has 0 bridgehead atoms. The largest absolute Gasteiger partial charge is 0.493 e. The molecule has 144 valence electrons. The first-order chi connectivity index (χ1) is 13.5. The number of methoxy groups -OCH3 is 1. The monoisotopic (exact) mass is 477 g/mol. The summed E-state index contributed by atoms with van der Waals surface area (Å²) in [5.74, 6) is 0.991. The van der Waals surface area contributed by atoms with Gasteiger partial charge in [-0.05, 0) is 57.0 Å². The minimum atomic E-state index is -0.447. The van der Waals surface area contributed by atoms with Crippen LogP contribution in [0.2, 0.25) is 0 Å². The van der Waals surface area contributed by atoms with E-state index in [2.05, 4.69) is 20.9 Å². The van der Waals surface area contributed by atoms with Crippen molar-refractivity contribution < 1.29 is 19.1 Å². The summed E-state index contributed by atoms with van der Waals surface area (Å²) < 4.78 is 11.7. The SMILES string of the molecule is COc1cc(C=C2N=C(SCc3ccccc3)SC2=O)cc(Br)c1OC(C)=O. The lowest BCUT2D eigenvalue weighted by molar-refractivity contribution is -0.132. The molecule has 0 unspecified atom stereocenters. The molecule has 0 saturated carbocycles. The van der Waals surface area contributed by atoms with Crippen molar-refractivity contribution in [1.82, 2.24) is 0 Å². The molecule has 0 atom stereocenters. The summed E-state index contributed by atoms with van der Waals surface area (Å²) >= 11 is 6.04. The van der Waals surface area contributed by atoms with E-state index >= 15 is 0 Å². The van der Waals surface area contributed by atoms with E-state index in [-0.39, 0.29) is 5.12 Å². The van der Waals surface area contributed by atoms with E-state index in [1.165, 1.54) is 31.4 Å². The first-order valence-electron chi connectivity index (χ1n) is 8.21. The molecule has 1 aliphatic rings. The van der Waals surface area contributed by atoms with Crippen molar-refractivity contribution in [3.05, 3.63) is 63.8 Å². The lowest BCUT2D eigenvalue weighted by Crippen LogP contribution is -2.04. The van der Waals surface area contributed by atoms with Crippen LogP contribution >= 0.6 is 39.5 Å². The third kappa shape index (κ3) is 5.27. The number of carbonyl (C=O) groups excluding carboxylic acids is 2. The van der Waals surface area contributed by atoms with Gasteiger partial charge in [0.05, 0.1) is 11.6 Å². The van der Waals surface area contributed by atoms with Crippen LogP contribution in [0, 0.1) is 0 Å². The van der Waals surface area contributed by atoms with Gasteiger partial charge in [0.2, 0.25) is 5.12 Å². The van der Waals surface area contributed by atoms with Crippen molar-refractivity contribution in [2.45, 2.75) is 12.7 Å². The standard InChI is InChI=1S/C20H16BrNO4S2/c1-12(23)26-18-15(21)8-14(10-17(18)25-2)9-16-19(24)28-20(22-16)27-11-13-6-4-3-5-7-13/h3-10H,11H2,1-2H3. The summed E-state index contributed by atoms with van der Waals surface area (Å²) in [4.78, 5) is 28.0. The number of nitrogens with zero attached hydrogens (tertiary/aromatic N) is 1. The molecular weight excluding hydrogens is 462 g/mol. The maximum atomic E-state index is 12.3. The number of halogens is 1. The number of aliphatic imine (C=N–C) groups is 1. The zero-order valence-corrected chi connectivity index (χ0v) is 18.3. The molecule has 8 heteroatoms. The predicted octanol–water partition coefficient (Wildman–Crippen LogP) is 5.29. The van der Waals surface area contributed by atoms with Crippen molar-refractivity contribution in [3.8, 4) is 11.5 Å². The lowest BCUT2D eigenvalue weighted by Gasteiger charge is -2.11. The van der Waals surface area contributed by atoms with Crippen LogP contribution in [0.1, 0.15) is 18.1 Å². The second-order valence-corrected chi connectivity index (χ2v) is 8.74. The van der Waals surface area contributed by atoms with Gasteiger partial charge in [0.1, 0.15) is 10.1 Å². The minimum Gasteiger partial charge on any atom is -0.493 e. The highest BCUT2D eigenvalue weighted by Crippen LogP contribution is 2.38. The third-order valence-electron chi connectivity index (χ3n) is 3.61. The van der Waals surface area contributed by atoms with Crippen LogP contribution in [0.15, 0.2) is 57.6 Å². The van der Waals surface area contributed by atoms with Crippen LogP contribution in [0.5, 0.6) is 11.5 Å². The predicted molar refractivity (Wildman–Crippen MR) is 118 cm³/mol. The Balaban J connectivity index is 1.80. The number of carbonyl (C=O) groups is 2. The summed E-state index contributed by atoms with van der Waals surface area (Å²) in [6.45, 7) is 1.32. The second kappa shape index (κ2) is 9.45. The fourth-order valence-corrected chi connectivity index (χ4v) is 4.73. The Bertz CT molecular complexity index is 974. The second-order valence-electron chi connectivity index (χ2n) is 5.70. The van der Waals surface area contributed by atoms with Gasteiger partial charge in [-0.3, -0.25) is 9.59 Å². The molecule has 0 spiro atoms. The molecule has 2 aromatic carbocycles. The number of esters is 1. The number of benzene rings is 2. The molecule has 0 saturated heterocycles. The molecule has 3 rings (SSSR count). The van der Waals surface area contributed by atoms with E-state index in [9.17, 15) is 9.59 Å². The van der Waals surface area contributed by atoms with Gasteiger partial charge < -0.3 is 9.47 Å². The van der Waals surface area contributed by atoms with Crippen molar-refractivity contribution in [2.75, 3.05) is 7.11 Å². The number of ether oxygens (including phenoxy) is 2. The Morgan fingerprint density at radius 3 is 2.71 bits per heavy atom. The van der Waals surface area contributed by atoms with Crippen molar-refractivity contribution in [1.29, 1.82) is 0 Å². The van der Waals surface area contributed by atoms with Gasteiger partial charge in [-0.1, -0.05) is 42.1 Å². The van der Waals surface area contributed by atoms with E-state index in [1.54, 1.807) is 18.2 Å². The fourth-order valence-electron chi connectivity index (χ4n) is 2.39. The van der Waals surface area contributed by atoms with Crippen LogP contribution < -0.4 is 9.47 Å². The summed E-state index contributed by atoms with van der Waals surface area (Å²) in [7, 11) is 1.48. The molecule has 1 heterocycles. The zero-order chi connectivity index (χ0) is 20.1. The number of rotatable bonds is 5. The molecule has 5 nitrogen and oxygen atoms in total. The molecular formula is C20H16BrNO4S2. The van der Waals surface area contributed by atoms with Crippen LogP contribution in [0.25, 0.3) is 6.08 Å². The molecule has 0 aromatic heterocycles. The van der Waals surface area contributed by atoms with Gasteiger partial charge in [-0.15, -0.1) is 0 Å². The highest BCUT2D eigenvalue weighted by atomic mass is 79.9. The van der Waals surface area contributed by atoms with Crippen molar-refractivity contribution in [2.24, 2.45) is 4.99 Å². The van der Waals surface area contributed by atoms with Gasteiger partial charge in [-0.2, -0.15) is 0 Å². The van der Waals surface area contributed by atoms with Crippen molar-refractivity contribution >= 4 is 61.0 Å². The van der Waals surface area contributed by atoms with E-state index in [4.69, 9.17) is 9.47 Å². The summed E-state index contributed by atoms with van der Waals surface area (Å²) in [6, 6.07) is 13.5. The Labute approximate surface area is 179 Å². The highest BCUT2D eigenvalue weighted by Gasteiger charge is 2.23. The quantitative estimate of drug-likeness (QED) is 0.331. The molecule has 2 aromatic rings. The van der Waals surface area contributed by atoms with Gasteiger partial charge in [0, 0.05) is 12.7 Å². The molecule has 28 heavy (non-hydrogen) atoms. The van der Waals surface area contributed by atoms with Crippen LogP contribution in [-0.4, -0.2) is 22.6 Å². The van der Waals surface area contributed by atoms with Crippen LogP contribution in [0.3, 0.4) is 0 Å². The fraction of sp³-hybridized carbons (Fsp3) is 0.150. The van der Waals surface area contributed by atoms with E-state index in [1.807, 2.05) is 30.3 Å². The van der Waals surface area contributed by atoms with E-state index < -0.39 is 5.97 Å². The lowest BCUT2D eigenvalue weighted by atomic mass is 10.1. The van der Waals surface area contributed by atoms with Crippen LogP contribution in [0.4, 0.5) is 0 Å².